The summed E-state index contributed by atoms with van der Waals surface area (Å²) in [5.74, 6) is 2.68. The number of pyridine rings is 1. The van der Waals surface area contributed by atoms with E-state index in [1.807, 2.05) is 32.0 Å². The van der Waals surface area contributed by atoms with Gasteiger partial charge in [-0.3, -0.25) is 9.59 Å². The normalized spacial score (nSPS) is 13.9. The second kappa shape index (κ2) is 8.50. The Kier molecular flexibility index (Phi) is 5.61. The van der Waals surface area contributed by atoms with Gasteiger partial charge in [0.05, 0.1) is 0 Å². The first-order valence-corrected chi connectivity index (χ1v) is 10.0. The molecule has 1 saturated heterocycles. The molecule has 0 radical (unpaired) electrons. The van der Waals surface area contributed by atoms with Crippen LogP contribution >= 0.6 is 0 Å². The van der Waals surface area contributed by atoms with Crippen molar-refractivity contribution in [3.8, 4) is 0 Å². The molecule has 4 heterocycles. The SMILES string of the molecule is Cc1ccnc(Nc2cc(N3CCN(C(=O)c4ccc(=O)n(C)n4)CC3)nc(C)n2)c1. The van der Waals surface area contributed by atoms with Gasteiger partial charge in [0.15, 0.2) is 0 Å². The number of hydrogen-bond acceptors (Lipinski definition) is 8. The van der Waals surface area contributed by atoms with Gasteiger partial charge in [-0.25, -0.2) is 19.6 Å². The number of nitrogens with zero attached hydrogens (tertiary/aromatic N) is 7. The molecule has 1 N–H and O–H groups in total. The maximum absolute atomic E-state index is 12.7. The van der Waals surface area contributed by atoms with Crippen molar-refractivity contribution in [3.05, 3.63) is 64.0 Å². The Morgan fingerprint density at radius 2 is 1.77 bits per heavy atom. The minimum Gasteiger partial charge on any atom is -0.353 e. The molecule has 1 aliphatic heterocycles. The van der Waals surface area contributed by atoms with Gasteiger partial charge >= 0.3 is 0 Å². The standard InChI is InChI=1S/C21H24N8O2/c1-14-6-7-22-17(12-14)25-18-13-19(24-15(2)23-18)28-8-10-29(11-9-28)21(31)16-4-5-20(30)27(3)26-16/h4-7,12-13H,8-11H2,1-3H3,(H,22,23,24,25). The predicted octanol–water partition coefficient (Wildman–Crippen LogP) is 1.29. The van der Waals surface area contributed by atoms with E-state index < -0.39 is 0 Å². The summed E-state index contributed by atoms with van der Waals surface area (Å²) in [4.78, 5) is 41.5. The molecule has 0 aromatic carbocycles. The number of rotatable bonds is 4. The Labute approximate surface area is 179 Å². The molecule has 0 bridgehead atoms. The van der Waals surface area contributed by atoms with Gasteiger partial charge in [-0.15, -0.1) is 0 Å². The van der Waals surface area contributed by atoms with Gasteiger partial charge in [0, 0.05) is 51.6 Å². The second-order valence-corrected chi connectivity index (χ2v) is 7.46. The van der Waals surface area contributed by atoms with E-state index in [0.29, 0.717) is 37.8 Å². The average Bonchev–Trinajstić information content (AvgIpc) is 2.75. The molecule has 31 heavy (non-hydrogen) atoms. The number of carbonyl (C=O) groups is 1. The fourth-order valence-corrected chi connectivity index (χ4v) is 3.43. The number of aromatic nitrogens is 5. The van der Waals surface area contributed by atoms with Crippen LogP contribution in [0.5, 0.6) is 0 Å². The summed E-state index contributed by atoms with van der Waals surface area (Å²) in [6.07, 6.45) is 1.75. The molecular formula is C21H24N8O2. The van der Waals surface area contributed by atoms with Gasteiger partial charge in [-0.2, -0.15) is 5.10 Å². The Bertz CT molecular complexity index is 1170. The molecule has 1 amide bonds. The topological polar surface area (TPSA) is 109 Å². The third-order valence-corrected chi connectivity index (χ3v) is 5.07. The van der Waals surface area contributed by atoms with Gasteiger partial charge in [-0.05, 0) is 37.6 Å². The molecule has 3 aromatic rings. The van der Waals surface area contributed by atoms with E-state index in [-0.39, 0.29) is 17.2 Å². The number of piperazine rings is 1. The highest BCUT2D eigenvalue weighted by Gasteiger charge is 2.24. The van der Waals surface area contributed by atoms with E-state index in [1.54, 1.807) is 11.1 Å². The number of carbonyl (C=O) groups excluding carboxylic acids is 1. The van der Waals surface area contributed by atoms with Crippen LogP contribution in [0.15, 0.2) is 41.3 Å². The van der Waals surface area contributed by atoms with Crippen LogP contribution in [0.1, 0.15) is 21.9 Å². The van der Waals surface area contributed by atoms with E-state index in [4.69, 9.17) is 0 Å². The molecule has 10 heteroatoms. The average molecular weight is 420 g/mol. The quantitative estimate of drug-likeness (QED) is 0.673. The highest BCUT2D eigenvalue weighted by molar-refractivity contribution is 5.92. The molecule has 0 unspecified atom stereocenters. The first kappa shape index (κ1) is 20.5. The van der Waals surface area contributed by atoms with Gasteiger partial charge in [-0.1, -0.05) is 0 Å². The number of hydrogen-bond donors (Lipinski definition) is 1. The zero-order valence-electron chi connectivity index (χ0n) is 17.7. The summed E-state index contributed by atoms with van der Waals surface area (Å²) in [6, 6.07) is 8.62. The zero-order chi connectivity index (χ0) is 22.0. The van der Waals surface area contributed by atoms with Crippen molar-refractivity contribution in [1.82, 2.24) is 29.6 Å². The summed E-state index contributed by atoms with van der Waals surface area (Å²) >= 11 is 0. The van der Waals surface area contributed by atoms with Crippen LogP contribution in [0.3, 0.4) is 0 Å². The number of aryl methyl sites for hydroxylation is 3. The number of nitrogens with one attached hydrogen (secondary N) is 1. The predicted molar refractivity (Wildman–Crippen MR) is 117 cm³/mol. The summed E-state index contributed by atoms with van der Waals surface area (Å²) in [7, 11) is 1.53. The van der Waals surface area contributed by atoms with E-state index in [2.05, 4.69) is 30.3 Å². The van der Waals surface area contributed by atoms with Crippen LogP contribution in [0.2, 0.25) is 0 Å². The Morgan fingerprint density at radius 3 is 2.48 bits per heavy atom. The van der Waals surface area contributed by atoms with Crippen LogP contribution in [0, 0.1) is 13.8 Å². The molecule has 0 aliphatic carbocycles. The summed E-state index contributed by atoms with van der Waals surface area (Å²) < 4.78 is 1.17. The van der Waals surface area contributed by atoms with Gasteiger partial charge in [0.1, 0.15) is 29.0 Å². The van der Waals surface area contributed by atoms with E-state index in [9.17, 15) is 9.59 Å². The van der Waals surface area contributed by atoms with Crippen LogP contribution in [0.4, 0.5) is 17.5 Å². The third-order valence-electron chi connectivity index (χ3n) is 5.07. The van der Waals surface area contributed by atoms with Crippen molar-refractivity contribution in [2.24, 2.45) is 7.05 Å². The van der Waals surface area contributed by atoms with Crippen molar-refractivity contribution in [2.75, 3.05) is 36.4 Å². The van der Waals surface area contributed by atoms with Crippen molar-refractivity contribution in [1.29, 1.82) is 0 Å². The molecule has 0 spiro atoms. The second-order valence-electron chi connectivity index (χ2n) is 7.46. The fraction of sp³-hybridized carbons (Fsp3) is 0.333. The highest BCUT2D eigenvalue weighted by atomic mass is 16.2. The molecule has 4 rings (SSSR count). The van der Waals surface area contributed by atoms with Crippen molar-refractivity contribution in [2.45, 2.75) is 13.8 Å². The largest absolute Gasteiger partial charge is 0.353 e. The Hall–Kier alpha value is -3.82. The molecule has 160 valence electrons. The highest BCUT2D eigenvalue weighted by Crippen LogP contribution is 2.21. The monoisotopic (exact) mass is 420 g/mol. The first-order chi connectivity index (χ1) is 14.9. The fourth-order valence-electron chi connectivity index (χ4n) is 3.43. The van der Waals surface area contributed by atoms with Gasteiger partial charge in [0.2, 0.25) is 0 Å². The van der Waals surface area contributed by atoms with Crippen LogP contribution < -0.4 is 15.8 Å². The maximum Gasteiger partial charge on any atom is 0.274 e. The van der Waals surface area contributed by atoms with Crippen molar-refractivity contribution < 1.29 is 4.79 Å². The molecule has 1 fully saturated rings. The van der Waals surface area contributed by atoms with Crippen LogP contribution in [-0.2, 0) is 7.05 Å². The zero-order valence-corrected chi connectivity index (χ0v) is 17.7. The lowest BCUT2D eigenvalue weighted by atomic mass is 10.2. The van der Waals surface area contributed by atoms with Gasteiger partial charge < -0.3 is 15.1 Å². The van der Waals surface area contributed by atoms with E-state index in [0.717, 1.165) is 17.2 Å². The molecular weight excluding hydrogens is 396 g/mol. The van der Waals surface area contributed by atoms with E-state index >= 15 is 0 Å². The Morgan fingerprint density at radius 1 is 1.00 bits per heavy atom. The minimum atomic E-state index is -0.245. The molecule has 0 saturated carbocycles. The first-order valence-electron chi connectivity index (χ1n) is 10.0. The molecule has 3 aromatic heterocycles. The summed E-state index contributed by atoms with van der Waals surface area (Å²) in [5, 5.41) is 7.29. The van der Waals surface area contributed by atoms with Crippen LogP contribution in [0.25, 0.3) is 0 Å². The van der Waals surface area contributed by atoms with E-state index in [1.165, 1.54) is 23.9 Å². The molecule has 1 aliphatic rings. The third kappa shape index (κ3) is 4.68. The van der Waals surface area contributed by atoms with Gasteiger partial charge in [0.25, 0.3) is 11.5 Å². The minimum absolute atomic E-state index is 0.179. The molecule has 0 atom stereocenters. The summed E-state index contributed by atoms with van der Waals surface area (Å²) in [5.41, 5.74) is 1.13. The lowest BCUT2D eigenvalue weighted by molar-refractivity contribution is 0.0738. The lowest BCUT2D eigenvalue weighted by Gasteiger charge is -2.35. The van der Waals surface area contributed by atoms with Crippen LogP contribution in [-0.4, -0.2) is 61.7 Å². The number of amides is 1. The smallest absolute Gasteiger partial charge is 0.274 e. The number of anilines is 3. The van der Waals surface area contributed by atoms with Crippen molar-refractivity contribution >= 4 is 23.4 Å². The lowest BCUT2D eigenvalue weighted by Crippen LogP contribution is -2.49. The summed E-state index contributed by atoms with van der Waals surface area (Å²) in [6.45, 7) is 6.20. The Balaban J connectivity index is 1.44. The molecule has 10 nitrogen and oxygen atoms in total. The van der Waals surface area contributed by atoms with Crippen molar-refractivity contribution in [3.63, 3.8) is 0 Å². The maximum atomic E-state index is 12.7.